The first kappa shape index (κ1) is 50.5. The predicted octanol–water partition coefficient (Wildman–Crippen LogP) is -0.157. The lowest BCUT2D eigenvalue weighted by Gasteiger charge is -2.71. The molecule has 8 rings (SSSR count). The fourth-order valence-corrected chi connectivity index (χ4v) is 14.8. The third-order valence-electron chi connectivity index (χ3n) is 18.9. The van der Waals surface area contributed by atoms with Crippen molar-refractivity contribution >= 4 is 11.9 Å². The number of carboxylic acids is 1. The van der Waals surface area contributed by atoms with Crippen molar-refractivity contribution in [2.24, 2.45) is 50.2 Å². The summed E-state index contributed by atoms with van der Waals surface area (Å²) in [5, 5.41) is 117. The highest BCUT2D eigenvalue weighted by Crippen LogP contribution is 2.76. The van der Waals surface area contributed by atoms with E-state index in [1.165, 1.54) is 0 Å². The van der Waals surface area contributed by atoms with Crippen LogP contribution in [0, 0.1) is 50.2 Å². The minimum Gasteiger partial charge on any atom is -0.479 e. The van der Waals surface area contributed by atoms with Crippen molar-refractivity contribution in [3.05, 3.63) is 11.6 Å². The molecule has 0 aromatic carbocycles. The number of carbonyl (C=O) groups excluding carboxylic acids is 1. The molecule has 19 heteroatoms. The maximum Gasteiger partial charge on any atom is 0.335 e. The molecule has 66 heavy (non-hydrogen) atoms. The average molecular weight is 943 g/mol. The van der Waals surface area contributed by atoms with Crippen LogP contribution in [-0.2, 0) is 38.0 Å². The smallest absolute Gasteiger partial charge is 0.335 e. The number of hydrogen-bond acceptors (Lipinski definition) is 18. The highest BCUT2D eigenvalue weighted by molar-refractivity contribution is 5.80. The van der Waals surface area contributed by atoms with Gasteiger partial charge in [0.2, 0.25) is 6.29 Å². The van der Waals surface area contributed by atoms with Crippen LogP contribution in [0.3, 0.4) is 0 Å². The van der Waals surface area contributed by atoms with Gasteiger partial charge in [-0.05, 0) is 103 Å². The Morgan fingerprint density at radius 3 is 2.05 bits per heavy atom. The van der Waals surface area contributed by atoms with E-state index < -0.39 is 146 Å². The molecular weight excluding hydrogens is 868 g/mol. The van der Waals surface area contributed by atoms with Crippen LogP contribution >= 0.6 is 0 Å². The first-order valence-corrected chi connectivity index (χ1v) is 23.8. The molecule has 7 fully saturated rings. The van der Waals surface area contributed by atoms with E-state index in [4.69, 9.17) is 28.4 Å². The Morgan fingerprint density at radius 2 is 1.38 bits per heavy atom. The number of aliphatic hydroxyl groups excluding tert-OH is 10. The van der Waals surface area contributed by atoms with Crippen molar-refractivity contribution in [2.75, 3.05) is 13.2 Å². The highest BCUT2D eigenvalue weighted by Gasteiger charge is 2.72. The summed E-state index contributed by atoms with van der Waals surface area (Å²) in [7, 11) is 0. The first-order valence-electron chi connectivity index (χ1n) is 23.8. The minimum atomic E-state index is -1.87. The van der Waals surface area contributed by atoms with Crippen molar-refractivity contribution in [1.82, 2.24) is 0 Å². The summed E-state index contributed by atoms with van der Waals surface area (Å²) >= 11 is 0. The van der Waals surface area contributed by atoms with Crippen LogP contribution < -0.4 is 0 Å². The fourth-order valence-electron chi connectivity index (χ4n) is 14.8. The molecule has 0 unspecified atom stereocenters. The topological polar surface area (TPSA) is 312 Å². The predicted molar refractivity (Wildman–Crippen MR) is 226 cm³/mol. The van der Waals surface area contributed by atoms with Crippen LogP contribution in [0.25, 0.3) is 0 Å². The Hall–Kier alpha value is -1.92. The fraction of sp³-hybridized carbons (Fsp3) is 0.915. The molecule has 0 aromatic rings. The summed E-state index contributed by atoms with van der Waals surface area (Å²) in [6.45, 7) is 14.3. The van der Waals surface area contributed by atoms with Gasteiger partial charge in [0.05, 0.1) is 25.4 Å². The number of allylic oxidation sites excluding steroid dienone is 2. The third-order valence-corrected chi connectivity index (χ3v) is 18.9. The number of aliphatic hydroxyl groups is 10. The lowest BCUT2D eigenvalue weighted by atomic mass is 9.33. The summed E-state index contributed by atoms with van der Waals surface area (Å²) in [4.78, 5) is 27.2. The highest BCUT2D eigenvalue weighted by atomic mass is 16.7. The molecule has 4 saturated carbocycles. The van der Waals surface area contributed by atoms with Crippen LogP contribution in [0.5, 0.6) is 0 Å². The van der Waals surface area contributed by atoms with E-state index in [1.807, 2.05) is 0 Å². The van der Waals surface area contributed by atoms with Gasteiger partial charge in [-0.3, -0.25) is 4.79 Å². The van der Waals surface area contributed by atoms with Gasteiger partial charge in [0.1, 0.15) is 66.5 Å². The Morgan fingerprint density at radius 1 is 0.712 bits per heavy atom. The van der Waals surface area contributed by atoms with Crippen LogP contribution in [0.4, 0.5) is 0 Å². The van der Waals surface area contributed by atoms with Crippen LogP contribution in [0.1, 0.15) is 106 Å². The standard InChI is InChI=1S/C47H74O19/c1-42(2)14-15-47(41(60)66-39-33(56)30(53)29(52)23(18-48)62-39)21(16-42)20-8-9-25-44(5)12-11-27(43(3,4)24(44)10-13-45(25,6)46(20,7)17-26(47)50)63-40-34(57)31(54)35(36(65-40)37(58)59)64-38-32(55)28(51)22(49)19-61-38/h8,21-36,38-40,48-57H,9-19H2,1-7H3,(H,58,59)/t21-,22-,23-,24+,25+,26-,27-,28+,29-,30+,31-,32-,33-,34-,35+,36+,38+,39+,40-,44+,45-,46-,47-/m1/s1. The second-order valence-electron chi connectivity index (χ2n) is 23.2. The maximum absolute atomic E-state index is 14.7. The van der Waals surface area contributed by atoms with Crippen molar-refractivity contribution < 1.29 is 94.2 Å². The molecule has 23 atom stereocenters. The molecule has 3 saturated heterocycles. The van der Waals surface area contributed by atoms with Gasteiger partial charge in [0.25, 0.3) is 0 Å². The number of ether oxygens (including phenoxy) is 6. The molecule has 19 nitrogen and oxygen atoms in total. The van der Waals surface area contributed by atoms with Crippen molar-refractivity contribution in [2.45, 2.75) is 204 Å². The lowest BCUT2D eigenvalue weighted by Crippen LogP contribution is -2.68. The van der Waals surface area contributed by atoms with E-state index >= 15 is 0 Å². The van der Waals surface area contributed by atoms with Gasteiger partial charge in [-0.1, -0.05) is 60.1 Å². The molecule has 8 aliphatic rings. The third kappa shape index (κ3) is 7.64. The Balaban J connectivity index is 1.03. The summed E-state index contributed by atoms with van der Waals surface area (Å²) in [5.74, 6) is -2.51. The van der Waals surface area contributed by atoms with Gasteiger partial charge < -0.3 is 84.6 Å². The molecule has 0 amide bonds. The summed E-state index contributed by atoms with van der Waals surface area (Å²) < 4.78 is 34.7. The molecule has 5 aliphatic carbocycles. The minimum absolute atomic E-state index is 0.0684. The largest absolute Gasteiger partial charge is 0.479 e. The van der Waals surface area contributed by atoms with Gasteiger partial charge >= 0.3 is 11.9 Å². The normalized spacial score (nSPS) is 53.2. The van der Waals surface area contributed by atoms with Crippen LogP contribution in [0.2, 0.25) is 0 Å². The Bertz CT molecular complexity index is 1860. The van der Waals surface area contributed by atoms with Gasteiger partial charge in [-0.15, -0.1) is 0 Å². The van der Waals surface area contributed by atoms with E-state index in [1.54, 1.807) is 0 Å². The number of carboxylic acid groups (broad SMARTS) is 1. The number of hydrogen-bond donors (Lipinski definition) is 11. The first-order chi connectivity index (χ1) is 30.7. The second kappa shape index (κ2) is 17.4. The van der Waals surface area contributed by atoms with Gasteiger partial charge in [-0.2, -0.15) is 0 Å². The second-order valence-corrected chi connectivity index (χ2v) is 23.2. The average Bonchev–Trinajstić information content (AvgIpc) is 3.24. The van der Waals surface area contributed by atoms with E-state index in [0.717, 1.165) is 18.4 Å². The summed E-state index contributed by atoms with van der Waals surface area (Å²) in [5.41, 5.74) is -2.18. The van der Waals surface area contributed by atoms with E-state index in [-0.39, 0.29) is 34.5 Å². The van der Waals surface area contributed by atoms with Crippen molar-refractivity contribution in [1.29, 1.82) is 0 Å². The zero-order valence-corrected chi connectivity index (χ0v) is 39.0. The quantitative estimate of drug-likeness (QED) is 0.0856. The number of fused-ring (bicyclic) bond motifs is 7. The molecule has 0 spiro atoms. The molecule has 0 radical (unpaired) electrons. The van der Waals surface area contributed by atoms with E-state index in [0.29, 0.717) is 38.5 Å². The number of esters is 1. The van der Waals surface area contributed by atoms with Crippen molar-refractivity contribution in [3.8, 4) is 0 Å². The SMILES string of the molecule is CC1(C)CC[C@]2(C(=O)O[C@@H]3O[C@H](CO)[C@@H](O)[C@H](O)[C@H]3O)[C@H](O)C[C@]3(C)C(=CC[C@H]4[C@@]5(C)CC[C@@H](O[C@@H]6O[C@H](C(=O)O)[C@@H](O[C@@H]7OC[C@@H](O)[C@H](O)[C@H]7O)[C@H](O)[C@H]6O)C(C)(C)[C@@H]5CC[C@]43C)[C@H]2C1. The van der Waals surface area contributed by atoms with Crippen molar-refractivity contribution in [3.63, 3.8) is 0 Å². The van der Waals surface area contributed by atoms with E-state index in [2.05, 4.69) is 54.5 Å². The molecular formula is C47H74O19. The number of aliphatic carboxylic acids is 1. The molecule has 376 valence electrons. The van der Waals surface area contributed by atoms with E-state index in [9.17, 15) is 65.8 Å². The molecule has 0 aromatic heterocycles. The van der Waals surface area contributed by atoms with Crippen LogP contribution in [-0.4, -0.2) is 180 Å². The molecule has 11 N–H and O–H groups in total. The Kier molecular flexibility index (Phi) is 13.3. The number of carbonyl (C=O) groups is 2. The van der Waals surface area contributed by atoms with Gasteiger partial charge in [0, 0.05) is 0 Å². The molecule has 0 bridgehead atoms. The summed E-state index contributed by atoms with van der Waals surface area (Å²) in [6, 6.07) is 0. The van der Waals surface area contributed by atoms with Gasteiger partial charge in [-0.25, -0.2) is 4.79 Å². The zero-order valence-electron chi connectivity index (χ0n) is 39.0. The number of rotatable bonds is 8. The zero-order chi connectivity index (χ0) is 48.4. The van der Waals surface area contributed by atoms with Crippen LogP contribution in [0.15, 0.2) is 11.6 Å². The summed E-state index contributed by atoms with van der Waals surface area (Å²) in [6.07, 6.45) is -17.5. The lowest BCUT2D eigenvalue weighted by molar-refractivity contribution is -0.354. The molecule has 3 heterocycles. The molecule has 3 aliphatic heterocycles. The Labute approximate surface area is 385 Å². The van der Waals surface area contributed by atoms with Gasteiger partial charge in [0.15, 0.2) is 18.7 Å². The maximum atomic E-state index is 14.7. The monoisotopic (exact) mass is 942 g/mol.